The van der Waals surface area contributed by atoms with Crippen LogP contribution in [0.5, 0.6) is 0 Å². The van der Waals surface area contributed by atoms with Crippen molar-refractivity contribution in [2.45, 2.75) is 24.9 Å². The van der Waals surface area contributed by atoms with Crippen molar-refractivity contribution in [2.75, 3.05) is 20.6 Å². The molecule has 1 aromatic rings. The summed E-state index contributed by atoms with van der Waals surface area (Å²) in [7, 11) is 4.05. The van der Waals surface area contributed by atoms with Gasteiger partial charge in [-0.15, -0.1) is 0 Å². The quantitative estimate of drug-likeness (QED) is 0.832. The molecule has 1 atom stereocenters. The van der Waals surface area contributed by atoms with E-state index in [1.54, 1.807) is 0 Å². The van der Waals surface area contributed by atoms with Crippen molar-refractivity contribution in [3.05, 3.63) is 35.9 Å². The fourth-order valence-corrected chi connectivity index (χ4v) is 1.93. The van der Waals surface area contributed by atoms with Crippen molar-refractivity contribution in [3.8, 4) is 0 Å². The van der Waals surface area contributed by atoms with Crippen molar-refractivity contribution in [3.63, 3.8) is 0 Å². The van der Waals surface area contributed by atoms with Crippen LogP contribution in [0.3, 0.4) is 0 Å². The molecule has 2 amide bonds. The highest BCUT2D eigenvalue weighted by Crippen LogP contribution is 2.19. The Bertz CT molecular complexity index is 387. The molecule has 0 aliphatic heterocycles. The summed E-state index contributed by atoms with van der Waals surface area (Å²) in [6.45, 7) is 0.621. The first-order valence-corrected chi connectivity index (χ1v) is 6.42. The molecule has 1 aliphatic carbocycles. The number of rotatable bonds is 5. The van der Waals surface area contributed by atoms with Crippen LogP contribution >= 0.6 is 0 Å². The summed E-state index contributed by atoms with van der Waals surface area (Å²) in [4.78, 5) is 13.7. The summed E-state index contributed by atoms with van der Waals surface area (Å²) in [5.41, 5.74) is 1.22. The third-order valence-corrected chi connectivity index (χ3v) is 3.18. The second-order valence-corrected chi connectivity index (χ2v) is 5.02. The van der Waals surface area contributed by atoms with Gasteiger partial charge in [0.25, 0.3) is 0 Å². The fourth-order valence-electron chi connectivity index (χ4n) is 1.93. The minimum absolute atomic E-state index is 0.0553. The number of nitrogens with one attached hydrogen (secondary N) is 2. The fraction of sp³-hybridized carbons (Fsp3) is 0.500. The zero-order valence-electron chi connectivity index (χ0n) is 11.0. The summed E-state index contributed by atoms with van der Waals surface area (Å²) >= 11 is 0. The molecule has 18 heavy (non-hydrogen) atoms. The van der Waals surface area contributed by atoms with Gasteiger partial charge in [0.1, 0.15) is 0 Å². The Kier molecular flexibility index (Phi) is 4.20. The summed E-state index contributed by atoms with van der Waals surface area (Å²) in [5.74, 6) is 0. The van der Waals surface area contributed by atoms with Gasteiger partial charge in [0.2, 0.25) is 0 Å². The molecule has 0 radical (unpaired) electrons. The molecule has 1 saturated carbocycles. The highest BCUT2D eigenvalue weighted by atomic mass is 16.2. The predicted molar refractivity (Wildman–Crippen MR) is 72.4 cm³/mol. The standard InChI is InChI=1S/C14H21N3O/c1-17(2)13(11-6-4-3-5-7-11)10-15-14(18)16-12-8-9-12/h3-7,12-13H,8-10H2,1-2H3,(H2,15,16,18)/t13-/m0/s1. The number of amides is 2. The Labute approximate surface area is 108 Å². The number of hydrogen-bond donors (Lipinski definition) is 2. The van der Waals surface area contributed by atoms with Gasteiger partial charge >= 0.3 is 6.03 Å². The van der Waals surface area contributed by atoms with Gasteiger partial charge in [-0.3, -0.25) is 0 Å². The van der Waals surface area contributed by atoms with Gasteiger partial charge in [0, 0.05) is 12.6 Å². The monoisotopic (exact) mass is 247 g/mol. The first-order chi connectivity index (χ1) is 8.66. The zero-order valence-corrected chi connectivity index (χ0v) is 11.0. The Morgan fingerprint density at radius 1 is 1.33 bits per heavy atom. The first kappa shape index (κ1) is 12.9. The van der Waals surface area contributed by atoms with Crippen molar-refractivity contribution in [2.24, 2.45) is 0 Å². The molecule has 0 spiro atoms. The van der Waals surface area contributed by atoms with Crippen molar-refractivity contribution in [1.82, 2.24) is 15.5 Å². The highest BCUT2D eigenvalue weighted by molar-refractivity contribution is 5.74. The number of benzene rings is 1. The Morgan fingerprint density at radius 2 is 2.00 bits per heavy atom. The topological polar surface area (TPSA) is 44.4 Å². The summed E-state index contributed by atoms with van der Waals surface area (Å²) in [6, 6.07) is 10.8. The van der Waals surface area contributed by atoms with Crippen LogP contribution in [0, 0.1) is 0 Å². The summed E-state index contributed by atoms with van der Waals surface area (Å²) < 4.78 is 0. The lowest BCUT2D eigenvalue weighted by Crippen LogP contribution is -2.41. The number of carbonyl (C=O) groups excluding carboxylic acids is 1. The molecule has 2 N–H and O–H groups in total. The molecule has 4 heteroatoms. The van der Waals surface area contributed by atoms with Crippen LogP contribution < -0.4 is 10.6 Å². The van der Waals surface area contributed by atoms with Crippen LogP contribution in [0.1, 0.15) is 24.4 Å². The van der Waals surface area contributed by atoms with Crippen molar-refractivity contribution in [1.29, 1.82) is 0 Å². The predicted octanol–water partition coefficient (Wildman–Crippen LogP) is 1.75. The van der Waals surface area contributed by atoms with Gasteiger partial charge in [-0.2, -0.15) is 0 Å². The van der Waals surface area contributed by atoms with E-state index >= 15 is 0 Å². The number of likely N-dealkylation sites (N-methyl/N-ethyl adjacent to an activating group) is 1. The van der Waals surface area contributed by atoms with Crippen molar-refractivity contribution < 1.29 is 4.79 Å². The van der Waals surface area contributed by atoms with E-state index in [-0.39, 0.29) is 12.1 Å². The molecular formula is C14H21N3O. The maximum absolute atomic E-state index is 11.6. The lowest BCUT2D eigenvalue weighted by atomic mass is 10.1. The third kappa shape index (κ3) is 3.74. The minimum atomic E-state index is -0.0553. The second-order valence-electron chi connectivity index (χ2n) is 5.02. The SMILES string of the molecule is CN(C)[C@@H](CNC(=O)NC1CC1)c1ccccc1. The largest absolute Gasteiger partial charge is 0.336 e. The number of hydrogen-bond acceptors (Lipinski definition) is 2. The van der Waals surface area contributed by atoms with E-state index in [0.717, 1.165) is 12.8 Å². The second kappa shape index (κ2) is 5.87. The lowest BCUT2D eigenvalue weighted by molar-refractivity contribution is 0.232. The van der Waals surface area contributed by atoms with E-state index in [4.69, 9.17) is 0 Å². The normalized spacial score (nSPS) is 16.4. The third-order valence-electron chi connectivity index (χ3n) is 3.18. The zero-order chi connectivity index (χ0) is 13.0. The molecular weight excluding hydrogens is 226 g/mol. The van der Waals surface area contributed by atoms with Gasteiger partial charge in [-0.05, 0) is 32.5 Å². The Balaban J connectivity index is 1.88. The summed E-state index contributed by atoms with van der Waals surface area (Å²) in [6.07, 6.45) is 2.23. The Morgan fingerprint density at radius 3 is 2.56 bits per heavy atom. The van der Waals surface area contributed by atoms with E-state index in [1.807, 2.05) is 32.3 Å². The number of nitrogens with zero attached hydrogens (tertiary/aromatic N) is 1. The molecule has 4 nitrogen and oxygen atoms in total. The molecule has 1 fully saturated rings. The smallest absolute Gasteiger partial charge is 0.315 e. The molecule has 0 unspecified atom stereocenters. The van der Waals surface area contributed by atoms with Gasteiger partial charge in [0.05, 0.1) is 6.04 Å². The average molecular weight is 247 g/mol. The van der Waals surface area contributed by atoms with Crippen LogP contribution in [0.4, 0.5) is 4.79 Å². The molecule has 0 bridgehead atoms. The number of urea groups is 1. The molecule has 1 aliphatic rings. The van der Waals surface area contributed by atoms with Gasteiger partial charge in [-0.25, -0.2) is 4.79 Å². The van der Waals surface area contributed by atoms with Crippen molar-refractivity contribution >= 4 is 6.03 Å². The van der Waals surface area contributed by atoms with Gasteiger partial charge in [0.15, 0.2) is 0 Å². The van der Waals surface area contributed by atoms with E-state index in [2.05, 4.69) is 27.7 Å². The maximum atomic E-state index is 11.6. The van der Waals surface area contributed by atoms with Crippen LogP contribution in [-0.2, 0) is 0 Å². The van der Waals surface area contributed by atoms with E-state index in [1.165, 1.54) is 5.56 Å². The Hall–Kier alpha value is -1.55. The van der Waals surface area contributed by atoms with E-state index in [0.29, 0.717) is 12.6 Å². The van der Waals surface area contributed by atoms with Crippen LogP contribution in [0.15, 0.2) is 30.3 Å². The van der Waals surface area contributed by atoms with Crippen LogP contribution in [0.25, 0.3) is 0 Å². The van der Waals surface area contributed by atoms with Crippen LogP contribution in [0.2, 0.25) is 0 Å². The molecule has 0 aromatic heterocycles. The molecule has 2 rings (SSSR count). The van der Waals surface area contributed by atoms with Gasteiger partial charge in [-0.1, -0.05) is 30.3 Å². The van der Waals surface area contributed by atoms with E-state index < -0.39 is 0 Å². The summed E-state index contributed by atoms with van der Waals surface area (Å²) in [5, 5.41) is 5.87. The molecule has 0 heterocycles. The molecule has 98 valence electrons. The highest BCUT2D eigenvalue weighted by Gasteiger charge is 2.23. The molecule has 1 aromatic carbocycles. The van der Waals surface area contributed by atoms with Gasteiger partial charge < -0.3 is 15.5 Å². The lowest BCUT2D eigenvalue weighted by Gasteiger charge is -2.25. The number of carbonyl (C=O) groups is 1. The average Bonchev–Trinajstić information content (AvgIpc) is 3.14. The van der Waals surface area contributed by atoms with E-state index in [9.17, 15) is 4.79 Å². The maximum Gasteiger partial charge on any atom is 0.315 e. The first-order valence-electron chi connectivity index (χ1n) is 6.42. The minimum Gasteiger partial charge on any atom is -0.336 e. The van der Waals surface area contributed by atoms with Crippen LogP contribution in [-0.4, -0.2) is 37.6 Å². The molecule has 0 saturated heterocycles.